The number of ether oxygens (including phenoxy) is 2. The van der Waals surface area contributed by atoms with Crippen molar-refractivity contribution in [2.24, 2.45) is 0 Å². The van der Waals surface area contributed by atoms with Gasteiger partial charge in [-0.1, -0.05) is 0 Å². The number of nitrogens with one attached hydrogen (secondary N) is 2. The first-order valence-electron chi connectivity index (χ1n) is 8.42. The third-order valence-corrected chi connectivity index (χ3v) is 5.74. The van der Waals surface area contributed by atoms with E-state index in [0.29, 0.717) is 23.2 Å². The molecule has 1 saturated heterocycles. The van der Waals surface area contributed by atoms with Crippen LogP contribution in [0.1, 0.15) is 40.8 Å². The van der Waals surface area contributed by atoms with Gasteiger partial charge in [-0.2, -0.15) is 4.98 Å². The minimum absolute atomic E-state index is 0. The van der Waals surface area contributed by atoms with Gasteiger partial charge in [-0.05, 0) is 38.8 Å². The van der Waals surface area contributed by atoms with Gasteiger partial charge in [0.25, 0.3) is 5.91 Å². The maximum Gasteiger partial charge on any atom is 0.261 e. The van der Waals surface area contributed by atoms with Crippen LogP contribution in [-0.2, 0) is 11.3 Å². The number of rotatable bonds is 5. The smallest absolute Gasteiger partial charge is 0.261 e. The summed E-state index contributed by atoms with van der Waals surface area (Å²) in [5.41, 5.74) is 0.856. The van der Waals surface area contributed by atoms with E-state index in [0.717, 1.165) is 35.2 Å². The zero-order valence-electron chi connectivity index (χ0n) is 15.4. The Balaban J connectivity index is 0.00000243. The first kappa shape index (κ1) is 20.8. The fourth-order valence-corrected chi connectivity index (χ4v) is 4.27. The number of amides is 1. The number of aromatic nitrogens is 2. The van der Waals surface area contributed by atoms with Gasteiger partial charge in [0.1, 0.15) is 11.4 Å². The molecule has 2 N–H and O–H groups in total. The third kappa shape index (κ3) is 4.09. The molecule has 9 heteroatoms. The van der Waals surface area contributed by atoms with Crippen molar-refractivity contribution in [2.75, 3.05) is 20.8 Å². The number of carbonyl (C=O) groups excluding carboxylic acids is 1. The maximum absolute atomic E-state index is 12.8. The molecule has 2 aromatic rings. The quantitative estimate of drug-likeness (QED) is 0.801. The third-order valence-electron chi connectivity index (χ3n) is 4.55. The van der Waals surface area contributed by atoms with Crippen LogP contribution in [-0.4, -0.2) is 48.7 Å². The van der Waals surface area contributed by atoms with Crippen LogP contribution < -0.4 is 15.4 Å². The molecule has 3 rings (SSSR count). The van der Waals surface area contributed by atoms with Gasteiger partial charge in [0, 0.05) is 19.2 Å². The Bertz CT molecular complexity index is 783. The van der Waals surface area contributed by atoms with Crippen LogP contribution >= 0.6 is 23.7 Å². The predicted molar refractivity (Wildman–Crippen MR) is 105 cm³/mol. The van der Waals surface area contributed by atoms with Crippen LogP contribution in [0.15, 0.2) is 0 Å². The molecule has 1 fully saturated rings. The van der Waals surface area contributed by atoms with E-state index in [9.17, 15) is 4.79 Å². The Morgan fingerprint density at radius 3 is 2.81 bits per heavy atom. The summed E-state index contributed by atoms with van der Waals surface area (Å²) in [4.78, 5) is 23.1. The fourth-order valence-electron chi connectivity index (χ4n) is 3.18. The summed E-state index contributed by atoms with van der Waals surface area (Å²) < 4.78 is 10.5. The highest BCUT2D eigenvalue weighted by Crippen LogP contribution is 2.35. The van der Waals surface area contributed by atoms with E-state index < -0.39 is 0 Å². The highest BCUT2D eigenvalue weighted by atomic mass is 35.5. The van der Waals surface area contributed by atoms with Crippen LogP contribution in [0.3, 0.4) is 0 Å². The molecular formula is C17H25ClN4O3S. The number of methoxy groups -OCH3 is 2. The lowest BCUT2D eigenvalue weighted by atomic mass is 10.00. The van der Waals surface area contributed by atoms with E-state index in [1.54, 1.807) is 14.2 Å². The average Bonchev–Trinajstić information content (AvgIpc) is 2.93. The number of carbonyl (C=O) groups is 1. The zero-order chi connectivity index (χ0) is 18.0. The molecule has 2 unspecified atom stereocenters. The Kier molecular flexibility index (Phi) is 7.16. The summed E-state index contributed by atoms with van der Waals surface area (Å²) in [7, 11) is 3.17. The summed E-state index contributed by atoms with van der Waals surface area (Å²) >= 11 is 1.37. The summed E-state index contributed by atoms with van der Waals surface area (Å²) in [6, 6.07) is 0.415. The molecule has 1 aliphatic heterocycles. The zero-order valence-corrected chi connectivity index (χ0v) is 17.1. The normalized spacial score (nSPS) is 19.8. The monoisotopic (exact) mass is 400 g/mol. The lowest BCUT2D eigenvalue weighted by Gasteiger charge is -2.30. The lowest BCUT2D eigenvalue weighted by Crippen LogP contribution is -2.51. The second-order valence-corrected chi connectivity index (χ2v) is 7.28. The standard InChI is InChI=1S/C17H24N4O3S.ClH/c1-9-13-16(24-4)20-12(8-23-3)21-17(13)25-14(9)15(22)19-11-6-5-7-18-10(11)2;/h10-11,18H,5-8H2,1-4H3,(H,19,22);1H. The highest BCUT2D eigenvalue weighted by Gasteiger charge is 2.26. The number of halogens is 1. The van der Waals surface area contributed by atoms with Crippen LogP contribution in [0.4, 0.5) is 0 Å². The molecule has 0 spiro atoms. The molecule has 26 heavy (non-hydrogen) atoms. The van der Waals surface area contributed by atoms with Crippen molar-refractivity contribution < 1.29 is 14.3 Å². The van der Waals surface area contributed by atoms with Gasteiger partial charge in [-0.3, -0.25) is 4.79 Å². The first-order chi connectivity index (χ1) is 12.0. The van der Waals surface area contributed by atoms with Crippen molar-refractivity contribution in [3.8, 4) is 5.88 Å². The summed E-state index contributed by atoms with van der Waals surface area (Å²) in [5, 5.41) is 7.36. The van der Waals surface area contributed by atoms with Gasteiger partial charge in [0.05, 0.1) is 17.4 Å². The van der Waals surface area contributed by atoms with Gasteiger partial charge in [-0.15, -0.1) is 23.7 Å². The van der Waals surface area contributed by atoms with Gasteiger partial charge < -0.3 is 20.1 Å². The van der Waals surface area contributed by atoms with Gasteiger partial charge in [0.15, 0.2) is 5.82 Å². The minimum Gasteiger partial charge on any atom is -0.480 e. The van der Waals surface area contributed by atoms with Gasteiger partial charge >= 0.3 is 0 Å². The predicted octanol–water partition coefficient (Wildman–Crippen LogP) is 2.45. The van der Waals surface area contributed by atoms with Crippen molar-refractivity contribution in [3.05, 3.63) is 16.3 Å². The Morgan fingerprint density at radius 1 is 1.38 bits per heavy atom. The van der Waals surface area contributed by atoms with E-state index in [2.05, 4.69) is 27.5 Å². The van der Waals surface area contributed by atoms with E-state index in [1.807, 2.05) is 6.92 Å². The topological polar surface area (TPSA) is 85.4 Å². The number of fused-ring (bicyclic) bond motifs is 1. The van der Waals surface area contributed by atoms with Crippen molar-refractivity contribution in [1.29, 1.82) is 0 Å². The van der Waals surface area contributed by atoms with Crippen LogP contribution in [0.5, 0.6) is 5.88 Å². The summed E-state index contributed by atoms with van der Waals surface area (Å²) in [6.07, 6.45) is 2.06. The second kappa shape index (κ2) is 8.94. The van der Waals surface area contributed by atoms with Crippen molar-refractivity contribution in [2.45, 2.75) is 45.4 Å². The Hall–Kier alpha value is -1.48. The van der Waals surface area contributed by atoms with E-state index in [4.69, 9.17) is 9.47 Å². The fraction of sp³-hybridized carbons (Fsp3) is 0.588. The van der Waals surface area contributed by atoms with E-state index >= 15 is 0 Å². The lowest BCUT2D eigenvalue weighted by molar-refractivity contribution is 0.0923. The van der Waals surface area contributed by atoms with E-state index in [1.165, 1.54) is 11.3 Å². The molecule has 0 radical (unpaired) electrons. The van der Waals surface area contributed by atoms with Gasteiger partial charge in [0.2, 0.25) is 5.88 Å². The number of aryl methyl sites for hydroxylation is 1. The number of hydrogen-bond donors (Lipinski definition) is 2. The van der Waals surface area contributed by atoms with Gasteiger partial charge in [-0.25, -0.2) is 4.98 Å². The number of thiophene rings is 1. The van der Waals surface area contributed by atoms with Crippen LogP contribution in [0.25, 0.3) is 10.2 Å². The molecule has 2 aromatic heterocycles. The molecule has 0 bridgehead atoms. The van der Waals surface area contributed by atoms with E-state index in [-0.39, 0.29) is 30.4 Å². The SMILES string of the molecule is COCc1nc(OC)c2c(C)c(C(=O)NC3CCCNC3C)sc2n1.Cl. The molecule has 0 aliphatic carbocycles. The number of hydrogen-bond acceptors (Lipinski definition) is 7. The van der Waals surface area contributed by atoms with Crippen molar-refractivity contribution >= 4 is 39.9 Å². The minimum atomic E-state index is -0.0589. The first-order valence-corrected chi connectivity index (χ1v) is 9.24. The molecule has 1 amide bonds. The van der Waals surface area contributed by atoms with Crippen LogP contribution in [0, 0.1) is 6.92 Å². The van der Waals surface area contributed by atoms with Crippen molar-refractivity contribution in [1.82, 2.24) is 20.6 Å². The molecule has 0 saturated carbocycles. The molecule has 3 heterocycles. The Morgan fingerprint density at radius 2 is 2.15 bits per heavy atom. The molecular weight excluding hydrogens is 376 g/mol. The average molecular weight is 401 g/mol. The molecule has 144 valence electrons. The molecule has 0 aromatic carbocycles. The Labute approximate surface area is 163 Å². The molecule has 7 nitrogen and oxygen atoms in total. The van der Waals surface area contributed by atoms with Crippen molar-refractivity contribution in [3.63, 3.8) is 0 Å². The van der Waals surface area contributed by atoms with Crippen LogP contribution in [0.2, 0.25) is 0 Å². The number of nitrogens with zero attached hydrogens (tertiary/aromatic N) is 2. The summed E-state index contributed by atoms with van der Waals surface area (Å²) in [6.45, 7) is 5.33. The largest absolute Gasteiger partial charge is 0.480 e. The summed E-state index contributed by atoms with van der Waals surface area (Å²) in [5.74, 6) is 0.971. The molecule has 1 aliphatic rings. The molecule has 2 atom stereocenters. The second-order valence-electron chi connectivity index (χ2n) is 6.28. The highest BCUT2D eigenvalue weighted by molar-refractivity contribution is 7.20. The number of piperidine rings is 1. The maximum atomic E-state index is 12.8.